The average Bonchev–Trinajstić information content (AvgIpc) is 3.01. The summed E-state index contributed by atoms with van der Waals surface area (Å²) in [5, 5.41) is 15.8. The van der Waals surface area contributed by atoms with Crippen molar-refractivity contribution in [3.8, 4) is 11.3 Å². The molecule has 0 atom stereocenters. The number of nitro groups is 1. The number of thiazole rings is 1. The fourth-order valence-electron chi connectivity index (χ4n) is 3.00. The first kappa shape index (κ1) is 19.0. The van der Waals surface area contributed by atoms with E-state index in [0.717, 1.165) is 28.5 Å². The Morgan fingerprint density at radius 1 is 1.19 bits per heavy atom. The van der Waals surface area contributed by atoms with Gasteiger partial charge in [-0.05, 0) is 38.0 Å². The van der Waals surface area contributed by atoms with E-state index in [1.54, 1.807) is 0 Å². The number of nitrogens with zero attached hydrogens (tertiary/aromatic N) is 2. The summed E-state index contributed by atoms with van der Waals surface area (Å²) in [4.78, 5) is 27.2. The first-order valence-corrected chi connectivity index (χ1v) is 9.31. The van der Waals surface area contributed by atoms with Crippen LogP contribution >= 0.6 is 22.9 Å². The number of nitrogens with one attached hydrogen (secondary N) is 1. The third kappa shape index (κ3) is 3.99. The molecule has 0 bridgehead atoms. The summed E-state index contributed by atoms with van der Waals surface area (Å²) < 4.78 is 0. The lowest BCUT2D eigenvalue weighted by atomic mass is 9.98. The van der Waals surface area contributed by atoms with Crippen LogP contribution in [0.5, 0.6) is 0 Å². The molecule has 3 rings (SSSR count). The number of non-ortho nitro benzene ring substituents is 1. The topological polar surface area (TPSA) is 85.1 Å². The summed E-state index contributed by atoms with van der Waals surface area (Å²) in [5.74, 6) is -0.465. The first-order chi connectivity index (χ1) is 12.8. The number of benzene rings is 2. The van der Waals surface area contributed by atoms with Gasteiger partial charge < -0.3 is 0 Å². The van der Waals surface area contributed by atoms with E-state index in [9.17, 15) is 14.9 Å². The maximum Gasteiger partial charge on any atom is 0.270 e. The van der Waals surface area contributed by atoms with Crippen LogP contribution in [0.25, 0.3) is 11.3 Å². The fourth-order valence-corrected chi connectivity index (χ4v) is 3.95. The number of rotatable bonds is 4. The molecule has 2 aromatic carbocycles. The van der Waals surface area contributed by atoms with E-state index in [1.807, 2.05) is 26.2 Å². The van der Waals surface area contributed by atoms with Gasteiger partial charge in [0.25, 0.3) is 11.6 Å². The summed E-state index contributed by atoms with van der Waals surface area (Å²) in [7, 11) is 0. The van der Waals surface area contributed by atoms with E-state index >= 15 is 0 Å². The first-order valence-electron chi connectivity index (χ1n) is 8.05. The normalized spacial score (nSPS) is 10.7. The van der Waals surface area contributed by atoms with Crippen LogP contribution in [0.3, 0.4) is 0 Å². The summed E-state index contributed by atoms with van der Waals surface area (Å²) >= 11 is 7.32. The molecule has 6 nitrogen and oxygen atoms in total. The predicted octanol–water partition coefficient (Wildman–Crippen LogP) is 5.55. The van der Waals surface area contributed by atoms with Crippen molar-refractivity contribution in [1.29, 1.82) is 0 Å². The van der Waals surface area contributed by atoms with Crippen LogP contribution in [0, 0.1) is 30.9 Å². The van der Waals surface area contributed by atoms with Crippen molar-refractivity contribution < 1.29 is 9.72 Å². The lowest BCUT2D eigenvalue weighted by Crippen LogP contribution is -2.12. The molecule has 3 aromatic rings. The van der Waals surface area contributed by atoms with Gasteiger partial charge in [0.2, 0.25) is 0 Å². The molecule has 0 aliphatic carbocycles. The predicted molar refractivity (Wildman–Crippen MR) is 108 cm³/mol. The Hall–Kier alpha value is -2.77. The van der Waals surface area contributed by atoms with Crippen LogP contribution in [0.2, 0.25) is 5.02 Å². The van der Waals surface area contributed by atoms with Crippen molar-refractivity contribution >= 4 is 39.7 Å². The molecule has 27 heavy (non-hydrogen) atoms. The zero-order valence-corrected chi connectivity index (χ0v) is 16.4. The third-order valence-corrected chi connectivity index (χ3v) is 5.14. The maximum atomic E-state index is 12.4. The van der Waals surface area contributed by atoms with E-state index in [4.69, 9.17) is 11.6 Å². The van der Waals surface area contributed by atoms with Gasteiger partial charge in [-0.25, -0.2) is 4.98 Å². The van der Waals surface area contributed by atoms with Crippen molar-refractivity contribution in [2.75, 3.05) is 5.32 Å². The van der Waals surface area contributed by atoms with Crippen molar-refractivity contribution in [2.24, 2.45) is 0 Å². The number of hydrogen-bond acceptors (Lipinski definition) is 5. The minimum Gasteiger partial charge on any atom is -0.298 e. The van der Waals surface area contributed by atoms with Crippen molar-refractivity contribution in [1.82, 2.24) is 4.98 Å². The number of hydrogen-bond donors (Lipinski definition) is 1. The molecule has 0 unspecified atom stereocenters. The Morgan fingerprint density at radius 2 is 1.85 bits per heavy atom. The number of carbonyl (C=O) groups excluding carboxylic acids is 1. The number of carbonyl (C=O) groups is 1. The number of aromatic nitrogens is 1. The minimum atomic E-state index is -0.563. The molecule has 8 heteroatoms. The summed E-state index contributed by atoms with van der Waals surface area (Å²) in [6, 6.07) is 7.92. The second-order valence-corrected chi connectivity index (χ2v) is 7.45. The van der Waals surface area contributed by atoms with Gasteiger partial charge in [-0.2, -0.15) is 0 Å². The zero-order chi connectivity index (χ0) is 19.7. The Bertz CT molecular complexity index is 1040. The van der Waals surface area contributed by atoms with Crippen LogP contribution in [0.15, 0.2) is 35.7 Å². The third-order valence-electron chi connectivity index (χ3n) is 4.07. The lowest BCUT2D eigenvalue weighted by molar-refractivity contribution is -0.384. The number of amides is 1. The molecule has 0 aliphatic rings. The van der Waals surface area contributed by atoms with Crippen LogP contribution in [0.1, 0.15) is 27.0 Å². The van der Waals surface area contributed by atoms with Crippen LogP contribution in [-0.4, -0.2) is 15.8 Å². The molecule has 0 fully saturated rings. The molecule has 0 saturated heterocycles. The Labute approximate surface area is 165 Å². The highest BCUT2D eigenvalue weighted by molar-refractivity contribution is 7.14. The molecule has 138 valence electrons. The van der Waals surface area contributed by atoms with Gasteiger partial charge in [0.1, 0.15) is 0 Å². The van der Waals surface area contributed by atoms with Gasteiger partial charge in [0.05, 0.1) is 21.2 Å². The highest BCUT2D eigenvalue weighted by Crippen LogP contribution is 2.31. The second kappa shape index (κ2) is 7.46. The van der Waals surface area contributed by atoms with Crippen LogP contribution < -0.4 is 5.32 Å². The van der Waals surface area contributed by atoms with E-state index in [1.165, 1.54) is 29.0 Å². The standard InChI is InChI=1S/C19H16ClN3O3S/c1-10-6-11(2)17(12(3)7-10)16-9-27-19(21-16)22-18(24)14-5-4-13(23(25)26)8-15(14)20/h4-9H,1-3H3,(H,21,22,24). The Morgan fingerprint density at radius 3 is 2.44 bits per heavy atom. The summed E-state index contributed by atoms with van der Waals surface area (Å²) in [6.07, 6.45) is 0. The number of halogens is 1. The summed E-state index contributed by atoms with van der Waals surface area (Å²) in [5.41, 5.74) is 5.25. The minimum absolute atomic E-state index is 0.0173. The molecule has 0 aliphatic heterocycles. The molecular formula is C19H16ClN3O3S. The van der Waals surface area contributed by atoms with E-state index in [-0.39, 0.29) is 16.3 Å². The molecule has 1 amide bonds. The molecule has 1 N–H and O–H groups in total. The molecule has 0 radical (unpaired) electrons. The Kier molecular flexibility index (Phi) is 5.25. The maximum absolute atomic E-state index is 12.4. The van der Waals surface area contributed by atoms with E-state index in [0.29, 0.717) is 5.13 Å². The van der Waals surface area contributed by atoms with Gasteiger partial charge in [-0.1, -0.05) is 29.3 Å². The highest BCUT2D eigenvalue weighted by atomic mass is 35.5. The molecule has 0 spiro atoms. The molecule has 0 saturated carbocycles. The number of aryl methyl sites for hydroxylation is 3. The fraction of sp³-hybridized carbons (Fsp3) is 0.158. The van der Waals surface area contributed by atoms with E-state index in [2.05, 4.69) is 22.4 Å². The average molecular weight is 402 g/mol. The molecule has 1 heterocycles. The SMILES string of the molecule is Cc1cc(C)c(-c2csc(NC(=O)c3ccc([N+](=O)[O-])cc3Cl)n2)c(C)c1. The second-order valence-electron chi connectivity index (χ2n) is 6.19. The quantitative estimate of drug-likeness (QED) is 0.458. The highest BCUT2D eigenvalue weighted by Gasteiger charge is 2.17. The Balaban J connectivity index is 1.84. The van der Waals surface area contributed by atoms with Gasteiger partial charge in [-0.15, -0.1) is 11.3 Å². The number of nitro benzene ring substituents is 1. The van der Waals surface area contributed by atoms with Gasteiger partial charge in [0, 0.05) is 23.1 Å². The monoisotopic (exact) mass is 401 g/mol. The molecule has 1 aromatic heterocycles. The van der Waals surface area contributed by atoms with Crippen molar-refractivity contribution in [3.63, 3.8) is 0 Å². The van der Waals surface area contributed by atoms with Gasteiger partial charge in [0.15, 0.2) is 5.13 Å². The van der Waals surface area contributed by atoms with Gasteiger partial charge in [-0.3, -0.25) is 20.2 Å². The van der Waals surface area contributed by atoms with E-state index < -0.39 is 10.8 Å². The summed E-state index contributed by atoms with van der Waals surface area (Å²) in [6.45, 7) is 6.11. The lowest BCUT2D eigenvalue weighted by Gasteiger charge is -2.08. The van der Waals surface area contributed by atoms with Crippen molar-refractivity contribution in [2.45, 2.75) is 20.8 Å². The van der Waals surface area contributed by atoms with Crippen LogP contribution in [0.4, 0.5) is 10.8 Å². The zero-order valence-electron chi connectivity index (χ0n) is 14.9. The van der Waals surface area contributed by atoms with Gasteiger partial charge >= 0.3 is 0 Å². The number of anilines is 1. The van der Waals surface area contributed by atoms with Crippen LogP contribution in [-0.2, 0) is 0 Å². The molecular weight excluding hydrogens is 386 g/mol. The largest absolute Gasteiger partial charge is 0.298 e. The smallest absolute Gasteiger partial charge is 0.270 e. The van der Waals surface area contributed by atoms with Crippen molar-refractivity contribution in [3.05, 3.63) is 73.1 Å².